The molecular weight excluding hydrogens is 490 g/mol. The Hall–Kier alpha value is -3.97. The molecule has 3 aromatic rings. The van der Waals surface area contributed by atoms with Gasteiger partial charge in [-0.15, -0.1) is 0 Å². The maximum atomic E-state index is 13.3. The van der Waals surface area contributed by atoms with Crippen LogP contribution < -0.4 is 5.32 Å². The third kappa shape index (κ3) is 6.24. The minimum absolute atomic E-state index is 0.107. The van der Waals surface area contributed by atoms with E-state index in [4.69, 9.17) is 16.3 Å². The normalized spacial score (nSPS) is 15.5. The highest BCUT2D eigenvalue weighted by atomic mass is 35.5. The molecule has 0 spiro atoms. The number of nitrogens with zero attached hydrogens (tertiary/aromatic N) is 2. The molecule has 1 aliphatic heterocycles. The minimum Gasteiger partial charge on any atom is -0.463 e. The van der Waals surface area contributed by atoms with Gasteiger partial charge in [0.25, 0.3) is 5.91 Å². The Balaban J connectivity index is 1.58. The van der Waals surface area contributed by atoms with Crippen molar-refractivity contribution in [2.45, 2.75) is 39.3 Å². The fourth-order valence-corrected chi connectivity index (χ4v) is 4.65. The predicted molar refractivity (Wildman–Crippen MR) is 141 cm³/mol. The molecule has 0 bridgehead atoms. The van der Waals surface area contributed by atoms with Gasteiger partial charge in [0.1, 0.15) is 0 Å². The molecule has 0 fully saturated rings. The second-order valence-corrected chi connectivity index (χ2v) is 9.15. The molecule has 190 valence electrons. The largest absolute Gasteiger partial charge is 0.463 e. The molecule has 1 aromatic heterocycles. The van der Waals surface area contributed by atoms with Gasteiger partial charge in [0.2, 0.25) is 5.91 Å². The summed E-state index contributed by atoms with van der Waals surface area (Å²) in [5.74, 6) is -1.27. The standard InChI is InChI=1S/C29H28ClN3O4/c1-3-37-29(36)27-19(2)33(26(34)16-25(27)21-9-7-11-23(30)15-21)18-20-8-6-10-22(14-20)28(35)32-17-24-12-4-5-13-31-24/h4-15,25H,3,16-18H2,1-2H3,(H,32,35). The van der Waals surface area contributed by atoms with Crippen LogP contribution in [0.15, 0.2) is 84.2 Å². The highest BCUT2D eigenvalue weighted by Crippen LogP contribution is 2.38. The molecule has 1 N–H and O–H groups in total. The van der Waals surface area contributed by atoms with Crippen LogP contribution in [-0.2, 0) is 27.4 Å². The first kappa shape index (κ1) is 26.1. The van der Waals surface area contributed by atoms with E-state index in [1.54, 1.807) is 61.3 Å². The van der Waals surface area contributed by atoms with Crippen LogP contribution in [-0.4, -0.2) is 34.3 Å². The lowest BCUT2D eigenvalue weighted by atomic mass is 9.83. The zero-order valence-corrected chi connectivity index (χ0v) is 21.5. The van der Waals surface area contributed by atoms with E-state index in [0.29, 0.717) is 28.4 Å². The molecule has 1 aliphatic rings. The summed E-state index contributed by atoms with van der Waals surface area (Å²) in [7, 11) is 0. The predicted octanol–water partition coefficient (Wildman–Crippen LogP) is 5.02. The molecule has 37 heavy (non-hydrogen) atoms. The summed E-state index contributed by atoms with van der Waals surface area (Å²) < 4.78 is 5.36. The summed E-state index contributed by atoms with van der Waals surface area (Å²) in [6.45, 7) is 4.26. The highest BCUT2D eigenvalue weighted by Gasteiger charge is 2.37. The van der Waals surface area contributed by atoms with Crippen LogP contribution in [0.25, 0.3) is 0 Å². The van der Waals surface area contributed by atoms with E-state index < -0.39 is 11.9 Å². The van der Waals surface area contributed by atoms with Gasteiger partial charge in [0, 0.05) is 34.8 Å². The molecule has 0 saturated heterocycles. The SMILES string of the molecule is CCOC(=O)C1=C(C)N(Cc2cccc(C(=O)NCc3ccccn3)c2)C(=O)CC1c1cccc(Cl)c1. The van der Waals surface area contributed by atoms with Gasteiger partial charge in [-0.3, -0.25) is 14.6 Å². The van der Waals surface area contributed by atoms with Crippen LogP contribution in [0.2, 0.25) is 5.02 Å². The Bertz CT molecular complexity index is 1340. The van der Waals surface area contributed by atoms with Crippen molar-refractivity contribution in [1.82, 2.24) is 15.2 Å². The van der Waals surface area contributed by atoms with E-state index in [9.17, 15) is 14.4 Å². The lowest BCUT2D eigenvalue weighted by Crippen LogP contribution is -2.38. The smallest absolute Gasteiger partial charge is 0.336 e. The summed E-state index contributed by atoms with van der Waals surface area (Å²) in [4.78, 5) is 44.8. The number of pyridine rings is 1. The molecule has 7 nitrogen and oxygen atoms in total. The fraction of sp³-hybridized carbons (Fsp3) is 0.241. The Morgan fingerprint density at radius 3 is 2.65 bits per heavy atom. The quantitative estimate of drug-likeness (QED) is 0.424. The molecule has 2 aromatic carbocycles. The molecule has 1 unspecified atom stereocenters. The van der Waals surface area contributed by atoms with Crippen LogP contribution >= 0.6 is 11.6 Å². The number of esters is 1. The van der Waals surface area contributed by atoms with E-state index in [0.717, 1.165) is 16.8 Å². The summed E-state index contributed by atoms with van der Waals surface area (Å²) in [6.07, 6.45) is 1.78. The van der Waals surface area contributed by atoms with Gasteiger partial charge in [-0.2, -0.15) is 0 Å². The summed E-state index contributed by atoms with van der Waals surface area (Å²) in [6, 6.07) is 19.8. The first-order valence-electron chi connectivity index (χ1n) is 12.1. The number of halogens is 1. The maximum absolute atomic E-state index is 13.3. The van der Waals surface area contributed by atoms with Crippen LogP contribution in [0, 0.1) is 0 Å². The molecule has 1 atom stereocenters. The van der Waals surface area contributed by atoms with Crippen molar-refractivity contribution < 1.29 is 19.1 Å². The number of benzene rings is 2. The number of hydrogen-bond donors (Lipinski definition) is 1. The number of hydrogen-bond acceptors (Lipinski definition) is 5. The summed E-state index contributed by atoms with van der Waals surface area (Å²) in [5.41, 5.74) is 3.75. The first-order valence-corrected chi connectivity index (χ1v) is 12.5. The molecule has 0 radical (unpaired) electrons. The number of carbonyl (C=O) groups is 3. The van der Waals surface area contributed by atoms with E-state index in [1.807, 2.05) is 30.3 Å². The Morgan fingerprint density at radius 2 is 1.92 bits per heavy atom. The zero-order valence-electron chi connectivity index (χ0n) is 20.7. The molecule has 0 aliphatic carbocycles. The summed E-state index contributed by atoms with van der Waals surface area (Å²) >= 11 is 6.20. The van der Waals surface area contributed by atoms with Crippen molar-refractivity contribution >= 4 is 29.4 Å². The maximum Gasteiger partial charge on any atom is 0.336 e. The second-order valence-electron chi connectivity index (χ2n) is 8.72. The van der Waals surface area contributed by atoms with Crippen molar-refractivity contribution in [2.24, 2.45) is 0 Å². The van der Waals surface area contributed by atoms with Crippen molar-refractivity contribution in [3.8, 4) is 0 Å². The molecule has 4 rings (SSSR count). The van der Waals surface area contributed by atoms with Gasteiger partial charge in [-0.05, 0) is 61.4 Å². The molecule has 8 heteroatoms. The van der Waals surface area contributed by atoms with Crippen molar-refractivity contribution in [3.05, 3.63) is 112 Å². The first-order chi connectivity index (χ1) is 17.9. The third-order valence-corrected chi connectivity index (χ3v) is 6.49. The lowest BCUT2D eigenvalue weighted by molar-refractivity contribution is -0.140. The van der Waals surface area contributed by atoms with Crippen molar-refractivity contribution in [1.29, 1.82) is 0 Å². The molecular formula is C29H28ClN3O4. The van der Waals surface area contributed by atoms with Gasteiger partial charge < -0.3 is 15.0 Å². The topological polar surface area (TPSA) is 88.6 Å². The van der Waals surface area contributed by atoms with Gasteiger partial charge in [-0.25, -0.2) is 4.79 Å². The van der Waals surface area contributed by atoms with Gasteiger partial charge >= 0.3 is 5.97 Å². The van der Waals surface area contributed by atoms with Crippen LogP contribution in [0.1, 0.15) is 53.4 Å². The number of carbonyl (C=O) groups excluding carboxylic acids is 3. The second kappa shape index (κ2) is 11.8. The van der Waals surface area contributed by atoms with E-state index >= 15 is 0 Å². The molecule has 0 saturated carbocycles. The average Bonchev–Trinajstić information content (AvgIpc) is 2.90. The number of allylic oxidation sites excluding steroid dienone is 1. The van der Waals surface area contributed by atoms with E-state index in [2.05, 4.69) is 10.3 Å². The number of nitrogens with one attached hydrogen (secondary N) is 1. The van der Waals surface area contributed by atoms with E-state index in [-0.39, 0.29) is 31.4 Å². The molecule has 2 heterocycles. The monoisotopic (exact) mass is 517 g/mol. The lowest BCUT2D eigenvalue weighted by Gasteiger charge is -2.34. The number of rotatable bonds is 8. The minimum atomic E-state index is -0.454. The van der Waals surface area contributed by atoms with Gasteiger partial charge in [0.05, 0.1) is 31.0 Å². The molecule has 2 amide bonds. The Morgan fingerprint density at radius 1 is 1.11 bits per heavy atom. The number of aromatic nitrogens is 1. The Labute approximate surface area is 221 Å². The highest BCUT2D eigenvalue weighted by molar-refractivity contribution is 6.30. The van der Waals surface area contributed by atoms with Crippen LogP contribution in [0.5, 0.6) is 0 Å². The van der Waals surface area contributed by atoms with Crippen LogP contribution in [0.4, 0.5) is 0 Å². The zero-order chi connectivity index (χ0) is 26.4. The Kier molecular flexibility index (Phi) is 8.36. The van der Waals surface area contributed by atoms with Gasteiger partial charge in [0.15, 0.2) is 0 Å². The number of amides is 2. The fourth-order valence-electron chi connectivity index (χ4n) is 4.45. The van der Waals surface area contributed by atoms with Crippen molar-refractivity contribution in [2.75, 3.05) is 6.61 Å². The van der Waals surface area contributed by atoms with Gasteiger partial charge in [-0.1, -0.05) is 41.9 Å². The third-order valence-electron chi connectivity index (χ3n) is 6.26. The summed E-state index contributed by atoms with van der Waals surface area (Å²) in [5, 5.41) is 3.40. The average molecular weight is 518 g/mol. The van der Waals surface area contributed by atoms with E-state index in [1.165, 1.54) is 0 Å². The van der Waals surface area contributed by atoms with Crippen LogP contribution in [0.3, 0.4) is 0 Å². The van der Waals surface area contributed by atoms with Crippen molar-refractivity contribution in [3.63, 3.8) is 0 Å². The number of ether oxygens (including phenoxy) is 1.